The SMILES string of the molecule is CN(Cc1ccc(Cl)cc1)c1ccc(/C(N)=N/O)nc1. The lowest BCUT2D eigenvalue weighted by atomic mass is 10.2. The van der Waals surface area contributed by atoms with Crippen LogP contribution < -0.4 is 10.6 Å². The first-order valence-corrected chi connectivity index (χ1v) is 6.37. The molecule has 1 heterocycles. The van der Waals surface area contributed by atoms with Crippen LogP contribution in [0.4, 0.5) is 5.69 Å². The summed E-state index contributed by atoms with van der Waals surface area (Å²) in [5.41, 5.74) is 8.00. The molecule has 0 fully saturated rings. The van der Waals surface area contributed by atoms with E-state index in [4.69, 9.17) is 22.5 Å². The highest BCUT2D eigenvalue weighted by atomic mass is 35.5. The lowest BCUT2D eigenvalue weighted by Gasteiger charge is -2.19. The predicted molar refractivity (Wildman–Crippen MR) is 80.3 cm³/mol. The number of nitrogens with zero attached hydrogens (tertiary/aromatic N) is 3. The van der Waals surface area contributed by atoms with Gasteiger partial charge in [0.15, 0.2) is 5.84 Å². The number of aromatic nitrogens is 1. The highest BCUT2D eigenvalue weighted by Crippen LogP contribution is 2.16. The van der Waals surface area contributed by atoms with E-state index in [0.29, 0.717) is 5.69 Å². The Hall–Kier alpha value is -2.27. The van der Waals surface area contributed by atoms with E-state index in [1.54, 1.807) is 12.3 Å². The number of anilines is 1. The minimum Gasteiger partial charge on any atom is -0.409 e. The van der Waals surface area contributed by atoms with Gasteiger partial charge in [-0.1, -0.05) is 28.9 Å². The van der Waals surface area contributed by atoms with Crippen LogP contribution in [0, 0.1) is 0 Å². The molecule has 0 aliphatic rings. The molecular weight excluding hydrogens is 276 g/mol. The van der Waals surface area contributed by atoms with Gasteiger partial charge < -0.3 is 15.8 Å². The Labute approximate surface area is 122 Å². The highest BCUT2D eigenvalue weighted by molar-refractivity contribution is 6.30. The van der Waals surface area contributed by atoms with Crippen molar-refractivity contribution < 1.29 is 5.21 Å². The fraction of sp³-hybridized carbons (Fsp3) is 0.143. The number of hydrogen-bond acceptors (Lipinski definition) is 4. The van der Waals surface area contributed by atoms with E-state index < -0.39 is 0 Å². The van der Waals surface area contributed by atoms with Crippen LogP contribution in [0.3, 0.4) is 0 Å². The molecule has 5 nitrogen and oxygen atoms in total. The summed E-state index contributed by atoms with van der Waals surface area (Å²) in [5, 5.41) is 12.2. The van der Waals surface area contributed by atoms with Gasteiger partial charge in [-0.15, -0.1) is 0 Å². The van der Waals surface area contributed by atoms with E-state index in [0.717, 1.165) is 22.8 Å². The Morgan fingerprint density at radius 1 is 1.30 bits per heavy atom. The van der Waals surface area contributed by atoms with Gasteiger partial charge in [-0.3, -0.25) is 4.98 Å². The number of nitrogens with two attached hydrogens (primary N) is 1. The van der Waals surface area contributed by atoms with Crippen LogP contribution >= 0.6 is 11.6 Å². The van der Waals surface area contributed by atoms with Gasteiger partial charge in [0.2, 0.25) is 0 Å². The highest BCUT2D eigenvalue weighted by Gasteiger charge is 2.05. The zero-order valence-corrected chi connectivity index (χ0v) is 11.7. The molecule has 1 aromatic heterocycles. The van der Waals surface area contributed by atoms with Crippen LogP contribution in [-0.4, -0.2) is 23.1 Å². The normalized spacial score (nSPS) is 11.4. The molecule has 104 valence electrons. The van der Waals surface area contributed by atoms with Crippen LogP contribution in [0.1, 0.15) is 11.3 Å². The van der Waals surface area contributed by atoms with Gasteiger partial charge in [0.05, 0.1) is 11.9 Å². The lowest BCUT2D eigenvalue weighted by molar-refractivity contribution is 0.318. The molecule has 0 saturated carbocycles. The quantitative estimate of drug-likeness (QED) is 0.393. The van der Waals surface area contributed by atoms with Crippen molar-refractivity contribution in [3.8, 4) is 0 Å². The standard InChI is InChI=1S/C14H15ClN4O/c1-19(9-10-2-4-11(15)5-3-10)12-6-7-13(17-8-12)14(16)18-20/h2-8,20H,9H2,1H3,(H2,16,18). The second-order valence-electron chi connectivity index (χ2n) is 4.37. The molecule has 0 radical (unpaired) electrons. The monoisotopic (exact) mass is 290 g/mol. The van der Waals surface area contributed by atoms with Gasteiger partial charge in [0.1, 0.15) is 5.69 Å². The topological polar surface area (TPSA) is 74.7 Å². The Balaban J connectivity index is 2.09. The predicted octanol–water partition coefficient (Wildman–Crippen LogP) is 2.47. The van der Waals surface area contributed by atoms with Crippen LogP contribution in [0.15, 0.2) is 47.8 Å². The molecule has 0 saturated heterocycles. The first-order valence-electron chi connectivity index (χ1n) is 5.99. The van der Waals surface area contributed by atoms with Gasteiger partial charge in [-0.05, 0) is 29.8 Å². The number of oxime groups is 1. The maximum absolute atomic E-state index is 8.59. The van der Waals surface area contributed by atoms with Crippen molar-refractivity contribution >= 4 is 23.1 Å². The molecule has 0 spiro atoms. The van der Waals surface area contributed by atoms with Crippen molar-refractivity contribution in [2.75, 3.05) is 11.9 Å². The van der Waals surface area contributed by atoms with Gasteiger partial charge in [-0.2, -0.15) is 0 Å². The minimum absolute atomic E-state index is 0.00287. The number of pyridine rings is 1. The summed E-state index contributed by atoms with van der Waals surface area (Å²) in [6.07, 6.45) is 1.68. The average molecular weight is 291 g/mol. The molecule has 1 aromatic carbocycles. The van der Waals surface area contributed by atoms with E-state index in [9.17, 15) is 0 Å². The molecule has 0 atom stereocenters. The molecule has 0 aliphatic heterocycles. The van der Waals surface area contributed by atoms with E-state index in [-0.39, 0.29) is 5.84 Å². The van der Waals surface area contributed by atoms with E-state index in [1.165, 1.54) is 0 Å². The van der Waals surface area contributed by atoms with Crippen LogP contribution in [0.2, 0.25) is 5.02 Å². The molecular formula is C14H15ClN4O. The van der Waals surface area contributed by atoms with Crippen LogP contribution in [-0.2, 0) is 6.54 Å². The molecule has 0 aliphatic carbocycles. The fourth-order valence-electron chi connectivity index (χ4n) is 1.77. The molecule has 2 rings (SSSR count). The van der Waals surface area contributed by atoms with Gasteiger partial charge >= 0.3 is 0 Å². The number of halogens is 1. The molecule has 0 unspecified atom stereocenters. The average Bonchev–Trinajstić information content (AvgIpc) is 2.49. The van der Waals surface area contributed by atoms with Gasteiger partial charge in [0.25, 0.3) is 0 Å². The molecule has 2 aromatic rings. The first kappa shape index (κ1) is 14.1. The number of hydrogen-bond donors (Lipinski definition) is 2. The lowest BCUT2D eigenvalue weighted by Crippen LogP contribution is -2.18. The summed E-state index contributed by atoms with van der Waals surface area (Å²) in [5.74, 6) is -0.00287. The third-order valence-electron chi connectivity index (χ3n) is 2.89. The summed E-state index contributed by atoms with van der Waals surface area (Å²) in [6, 6.07) is 11.3. The zero-order valence-electron chi connectivity index (χ0n) is 11.0. The van der Waals surface area contributed by atoms with Crippen molar-refractivity contribution in [1.82, 2.24) is 4.98 Å². The van der Waals surface area contributed by atoms with E-state index >= 15 is 0 Å². The fourth-order valence-corrected chi connectivity index (χ4v) is 1.90. The minimum atomic E-state index is -0.00287. The Bertz CT molecular complexity index is 596. The summed E-state index contributed by atoms with van der Waals surface area (Å²) >= 11 is 5.86. The summed E-state index contributed by atoms with van der Waals surface area (Å²) in [7, 11) is 1.97. The number of amidine groups is 1. The third-order valence-corrected chi connectivity index (χ3v) is 3.14. The molecule has 0 amide bonds. The van der Waals surface area contributed by atoms with E-state index in [2.05, 4.69) is 10.1 Å². The summed E-state index contributed by atoms with van der Waals surface area (Å²) in [6.45, 7) is 0.738. The Kier molecular flexibility index (Phi) is 4.42. The Morgan fingerprint density at radius 3 is 2.55 bits per heavy atom. The van der Waals surface area contributed by atoms with Crippen molar-refractivity contribution in [2.45, 2.75) is 6.54 Å². The second kappa shape index (κ2) is 6.25. The second-order valence-corrected chi connectivity index (χ2v) is 4.81. The van der Waals surface area contributed by atoms with Gasteiger partial charge in [-0.25, -0.2) is 0 Å². The van der Waals surface area contributed by atoms with Crippen LogP contribution in [0.25, 0.3) is 0 Å². The zero-order chi connectivity index (χ0) is 14.5. The van der Waals surface area contributed by atoms with Gasteiger partial charge in [0, 0.05) is 18.6 Å². The Morgan fingerprint density at radius 2 is 2.00 bits per heavy atom. The molecule has 20 heavy (non-hydrogen) atoms. The van der Waals surface area contributed by atoms with E-state index in [1.807, 2.05) is 42.3 Å². The maximum Gasteiger partial charge on any atom is 0.188 e. The third kappa shape index (κ3) is 3.39. The first-order chi connectivity index (χ1) is 9.60. The number of rotatable bonds is 4. The smallest absolute Gasteiger partial charge is 0.188 e. The molecule has 6 heteroatoms. The van der Waals surface area contributed by atoms with Crippen LogP contribution in [0.5, 0.6) is 0 Å². The number of benzene rings is 1. The van der Waals surface area contributed by atoms with Crippen molar-refractivity contribution in [1.29, 1.82) is 0 Å². The summed E-state index contributed by atoms with van der Waals surface area (Å²) in [4.78, 5) is 6.20. The van der Waals surface area contributed by atoms with Crippen molar-refractivity contribution in [3.63, 3.8) is 0 Å². The largest absolute Gasteiger partial charge is 0.409 e. The summed E-state index contributed by atoms with van der Waals surface area (Å²) < 4.78 is 0. The molecule has 3 N–H and O–H groups in total. The molecule has 0 bridgehead atoms. The van der Waals surface area contributed by atoms with Crippen molar-refractivity contribution in [2.24, 2.45) is 10.9 Å². The van der Waals surface area contributed by atoms with Crippen molar-refractivity contribution in [3.05, 3.63) is 58.9 Å². The maximum atomic E-state index is 8.59.